The van der Waals surface area contributed by atoms with Gasteiger partial charge in [0.05, 0.1) is 11.7 Å². The number of rotatable bonds is 4. The lowest BCUT2D eigenvalue weighted by Crippen LogP contribution is -2.32. The monoisotopic (exact) mass is 188 g/mol. The minimum atomic E-state index is -0.150. The minimum absolute atomic E-state index is 0.150. The van der Waals surface area contributed by atoms with Crippen LogP contribution in [-0.4, -0.2) is 37.1 Å². The van der Waals surface area contributed by atoms with Crippen LogP contribution in [0.4, 0.5) is 0 Å². The largest absolute Gasteiger partial charge is 0.396 e. The van der Waals surface area contributed by atoms with Crippen molar-refractivity contribution in [3.05, 3.63) is 0 Å². The maximum absolute atomic E-state index is 9.09. The van der Waals surface area contributed by atoms with E-state index < -0.39 is 0 Å². The van der Waals surface area contributed by atoms with E-state index >= 15 is 0 Å². The average molecular weight is 188 g/mol. The van der Waals surface area contributed by atoms with Gasteiger partial charge in [-0.05, 0) is 20.3 Å². The van der Waals surface area contributed by atoms with Crippen molar-refractivity contribution in [2.24, 2.45) is 5.92 Å². The van der Waals surface area contributed by atoms with Crippen LogP contribution in [0.25, 0.3) is 0 Å². The van der Waals surface area contributed by atoms with Crippen molar-refractivity contribution in [2.45, 2.75) is 38.4 Å². The molecule has 0 aromatic rings. The number of aliphatic hydroxyl groups excluding tert-OH is 1. The van der Waals surface area contributed by atoms with E-state index in [-0.39, 0.29) is 18.3 Å². The summed E-state index contributed by atoms with van der Waals surface area (Å²) in [4.78, 5) is 0. The van der Waals surface area contributed by atoms with Crippen LogP contribution in [0, 0.1) is 5.92 Å². The molecule has 1 rings (SSSR count). The van der Waals surface area contributed by atoms with Crippen molar-refractivity contribution in [1.29, 1.82) is 0 Å². The minimum Gasteiger partial charge on any atom is -0.396 e. The molecular weight excluding hydrogens is 168 g/mol. The van der Waals surface area contributed by atoms with Gasteiger partial charge in [-0.3, -0.25) is 0 Å². The van der Waals surface area contributed by atoms with Gasteiger partial charge in [-0.2, -0.15) is 0 Å². The number of hydrogen-bond acceptors (Lipinski definition) is 3. The molecule has 1 fully saturated rings. The molecule has 1 saturated heterocycles. The summed E-state index contributed by atoms with van der Waals surface area (Å²) in [6.07, 6.45) is 2.00. The van der Waals surface area contributed by atoms with Crippen LogP contribution in [0.2, 0.25) is 0 Å². The second kappa shape index (κ2) is 4.40. The molecule has 2 unspecified atom stereocenters. The van der Waals surface area contributed by atoms with Crippen LogP contribution in [0.15, 0.2) is 0 Å². The van der Waals surface area contributed by atoms with E-state index in [1.54, 1.807) is 7.11 Å². The molecular formula is C10H20O3. The lowest BCUT2D eigenvalue weighted by atomic mass is 9.92. The normalized spacial score (nSPS) is 29.5. The third kappa shape index (κ3) is 2.93. The summed E-state index contributed by atoms with van der Waals surface area (Å²) in [5, 5.41) is 9.09. The van der Waals surface area contributed by atoms with E-state index in [0.717, 1.165) is 19.4 Å². The topological polar surface area (TPSA) is 38.7 Å². The smallest absolute Gasteiger partial charge is 0.0653 e. The van der Waals surface area contributed by atoms with E-state index in [2.05, 4.69) is 0 Å². The van der Waals surface area contributed by atoms with Crippen molar-refractivity contribution in [3.8, 4) is 0 Å². The Balaban J connectivity index is 2.43. The summed E-state index contributed by atoms with van der Waals surface area (Å²) in [6, 6.07) is 0. The summed E-state index contributed by atoms with van der Waals surface area (Å²) in [7, 11) is 1.71. The Bertz CT molecular complexity index is 156. The van der Waals surface area contributed by atoms with Crippen LogP contribution in [0.3, 0.4) is 0 Å². The zero-order valence-electron chi connectivity index (χ0n) is 8.75. The van der Waals surface area contributed by atoms with Crippen LogP contribution in [0.5, 0.6) is 0 Å². The van der Waals surface area contributed by atoms with Crippen LogP contribution >= 0.6 is 0 Å². The highest BCUT2D eigenvalue weighted by Gasteiger charge is 2.32. The standard InChI is InChI=1S/C10H20O3/c1-10(2,12-3)6-9-8(7-11)4-5-13-9/h8-9,11H,4-7H2,1-3H3. The molecule has 0 aromatic heterocycles. The summed E-state index contributed by atoms with van der Waals surface area (Å²) in [6.45, 7) is 5.09. The lowest BCUT2D eigenvalue weighted by molar-refractivity contribution is -0.0390. The molecule has 1 aliphatic rings. The third-order valence-corrected chi connectivity index (χ3v) is 2.83. The first-order valence-corrected chi connectivity index (χ1v) is 4.86. The first-order valence-electron chi connectivity index (χ1n) is 4.86. The van der Waals surface area contributed by atoms with Gasteiger partial charge in [0, 0.05) is 32.7 Å². The molecule has 0 saturated carbocycles. The Hall–Kier alpha value is -0.120. The first kappa shape index (κ1) is 11.0. The van der Waals surface area contributed by atoms with Crippen molar-refractivity contribution < 1.29 is 14.6 Å². The molecule has 0 radical (unpaired) electrons. The van der Waals surface area contributed by atoms with Gasteiger partial charge in [0.15, 0.2) is 0 Å². The summed E-state index contributed by atoms with van der Waals surface area (Å²) in [5.41, 5.74) is -0.150. The molecule has 0 aromatic carbocycles. The van der Waals surface area contributed by atoms with Gasteiger partial charge in [0.1, 0.15) is 0 Å². The fraction of sp³-hybridized carbons (Fsp3) is 1.00. The molecule has 13 heavy (non-hydrogen) atoms. The van der Waals surface area contributed by atoms with Crippen molar-refractivity contribution in [1.82, 2.24) is 0 Å². The number of aliphatic hydroxyl groups is 1. The van der Waals surface area contributed by atoms with Crippen molar-refractivity contribution in [2.75, 3.05) is 20.3 Å². The maximum atomic E-state index is 9.09. The van der Waals surface area contributed by atoms with Crippen molar-refractivity contribution in [3.63, 3.8) is 0 Å². The summed E-state index contributed by atoms with van der Waals surface area (Å²) in [5.74, 6) is 0.300. The average Bonchev–Trinajstić information content (AvgIpc) is 2.51. The van der Waals surface area contributed by atoms with Gasteiger partial charge in [-0.1, -0.05) is 0 Å². The molecule has 2 atom stereocenters. The van der Waals surface area contributed by atoms with Gasteiger partial charge in [-0.15, -0.1) is 0 Å². The van der Waals surface area contributed by atoms with Crippen LogP contribution in [0.1, 0.15) is 26.7 Å². The Morgan fingerprint density at radius 1 is 1.54 bits per heavy atom. The van der Waals surface area contributed by atoms with E-state index in [9.17, 15) is 0 Å². The summed E-state index contributed by atoms with van der Waals surface area (Å²) >= 11 is 0. The predicted molar refractivity (Wildman–Crippen MR) is 50.6 cm³/mol. The lowest BCUT2D eigenvalue weighted by Gasteiger charge is -2.28. The second-order valence-corrected chi connectivity index (χ2v) is 4.31. The van der Waals surface area contributed by atoms with Crippen molar-refractivity contribution >= 4 is 0 Å². The zero-order chi connectivity index (χ0) is 9.90. The second-order valence-electron chi connectivity index (χ2n) is 4.31. The van der Waals surface area contributed by atoms with E-state index in [1.165, 1.54) is 0 Å². The zero-order valence-corrected chi connectivity index (χ0v) is 8.75. The van der Waals surface area contributed by atoms with Gasteiger partial charge in [0.2, 0.25) is 0 Å². The Labute approximate surface area is 80.0 Å². The quantitative estimate of drug-likeness (QED) is 0.720. The molecule has 3 heteroatoms. The molecule has 1 aliphatic heterocycles. The van der Waals surface area contributed by atoms with E-state index in [4.69, 9.17) is 14.6 Å². The summed E-state index contributed by atoms with van der Waals surface area (Å²) < 4.78 is 10.9. The molecule has 0 bridgehead atoms. The SMILES string of the molecule is COC(C)(C)CC1OCCC1CO. The van der Waals surface area contributed by atoms with Gasteiger partial charge >= 0.3 is 0 Å². The highest BCUT2D eigenvalue weighted by molar-refractivity contribution is 4.82. The molecule has 0 aliphatic carbocycles. The highest BCUT2D eigenvalue weighted by atomic mass is 16.5. The Kier molecular flexibility index (Phi) is 3.71. The molecule has 3 nitrogen and oxygen atoms in total. The maximum Gasteiger partial charge on any atom is 0.0653 e. The highest BCUT2D eigenvalue weighted by Crippen LogP contribution is 2.28. The molecule has 78 valence electrons. The van der Waals surface area contributed by atoms with Gasteiger partial charge < -0.3 is 14.6 Å². The van der Waals surface area contributed by atoms with Crippen LogP contribution in [-0.2, 0) is 9.47 Å². The van der Waals surface area contributed by atoms with E-state index in [1.807, 2.05) is 13.8 Å². The number of hydrogen-bond donors (Lipinski definition) is 1. The molecule has 1 N–H and O–H groups in total. The molecule has 0 spiro atoms. The number of methoxy groups -OCH3 is 1. The fourth-order valence-electron chi connectivity index (χ4n) is 1.70. The third-order valence-electron chi connectivity index (χ3n) is 2.83. The Morgan fingerprint density at radius 2 is 2.23 bits per heavy atom. The Morgan fingerprint density at radius 3 is 2.77 bits per heavy atom. The predicted octanol–water partition coefficient (Wildman–Crippen LogP) is 1.20. The molecule has 0 amide bonds. The van der Waals surface area contributed by atoms with Gasteiger partial charge in [0.25, 0.3) is 0 Å². The van der Waals surface area contributed by atoms with Gasteiger partial charge in [-0.25, -0.2) is 0 Å². The fourth-order valence-corrected chi connectivity index (χ4v) is 1.70. The number of ether oxygens (including phenoxy) is 2. The first-order chi connectivity index (χ1) is 6.09. The van der Waals surface area contributed by atoms with E-state index in [0.29, 0.717) is 5.92 Å². The van der Waals surface area contributed by atoms with Crippen LogP contribution < -0.4 is 0 Å². The molecule has 1 heterocycles.